The van der Waals surface area contributed by atoms with Crippen LogP contribution in [0.25, 0.3) is 0 Å². The summed E-state index contributed by atoms with van der Waals surface area (Å²) in [4.78, 5) is 12.2. The Balaban J connectivity index is 2.24. The van der Waals surface area contributed by atoms with Gasteiger partial charge >= 0.3 is 0 Å². The Labute approximate surface area is 95.0 Å². The highest BCUT2D eigenvalue weighted by Crippen LogP contribution is 2.33. The van der Waals surface area contributed by atoms with Crippen molar-refractivity contribution in [2.45, 2.75) is 26.7 Å². The number of carbonyl (C=O) groups excluding carboxylic acids is 1. The number of ketones is 1. The highest BCUT2D eigenvalue weighted by molar-refractivity contribution is 5.99. The predicted octanol–water partition coefficient (Wildman–Crippen LogP) is 3.75. The van der Waals surface area contributed by atoms with E-state index < -0.39 is 0 Å². The van der Waals surface area contributed by atoms with E-state index in [2.05, 4.69) is 6.92 Å². The number of Topliss-reactive ketones (excluding diaryl/α,β-unsaturated/α-hetero) is 1. The highest BCUT2D eigenvalue weighted by Gasteiger charge is 2.27. The summed E-state index contributed by atoms with van der Waals surface area (Å²) in [6.07, 6.45) is 1.90. The molecule has 0 aliphatic heterocycles. The molecular formula is C14H15FO. The molecule has 1 aliphatic rings. The molecule has 0 aromatic heterocycles. The molecule has 1 unspecified atom stereocenters. The van der Waals surface area contributed by atoms with Crippen LogP contribution in [0.4, 0.5) is 4.39 Å². The van der Waals surface area contributed by atoms with Crippen LogP contribution in [-0.2, 0) is 0 Å². The molecule has 0 spiro atoms. The number of hydrogen-bond donors (Lipinski definition) is 0. The third-order valence-electron chi connectivity index (χ3n) is 3.45. The number of carbonyl (C=O) groups is 1. The predicted molar refractivity (Wildman–Crippen MR) is 61.8 cm³/mol. The lowest BCUT2D eigenvalue weighted by Crippen LogP contribution is -2.13. The van der Waals surface area contributed by atoms with Gasteiger partial charge in [-0.1, -0.05) is 11.1 Å². The van der Waals surface area contributed by atoms with Crippen molar-refractivity contribution in [2.75, 3.05) is 0 Å². The molecule has 1 aromatic rings. The maximum absolute atomic E-state index is 12.7. The van der Waals surface area contributed by atoms with E-state index in [0.717, 1.165) is 12.8 Å². The molecule has 0 heterocycles. The van der Waals surface area contributed by atoms with Gasteiger partial charge in [0.05, 0.1) is 0 Å². The first-order valence-electron chi connectivity index (χ1n) is 5.55. The molecule has 1 aromatic carbocycles. The lowest BCUT2D eigenvalue weighted by molar-refractivity contribution is 0.0939. The van der Waals surface area contributed by atoms with Gasteiger partial charge in [-0.25, -0.2) is 4.39 Å². The minimum atomic E-state index is -0.300. The smallest absolute Gasteiger partial charge is 0.169 e. The normalized spacial score (nSPS) is 20.3. The van der Waals surface area contributed by atoms with Crippen LogP contribution < -0.4 is 0 Å². The van der Waals surface area contributed by atoms with E-state index in [4.69, 9.17) is 0 Å². The average molecular weight is 218 g/mol. The zero-order valence-corrected chi connectivity index (χ0v) is 9.59. The zero-order valence-electron chi connectivity index (χ0n) is 9.59. The Bertz CT molecular complexity index is 442. The van der Waals surface area contributed by atoms with E-state index in [9.17, 15) is 9.18 Å². The number of rotatable bonds is 2. The summed E-state index contributed by atoms with van der Waals surface area (Å²) in [6.45, 7) is 4.10. The van der Waals surface area contributed by atoms with Crippen LogP contribution in [0.1, 0.15) is 37.0 Å². The number of allylic oxidation sites excluding steroid dienone is 2. The SMILES string of the molecule is CC1=C(C)C(C(=O)c2ccc(F)cc2)CC1. The molecule has 2 heteroatoms. The Morgan fingerprint density at radius 1 is 1.25 bits per heavy atom. The first kappa shape index (κ1) is 11.1. The van der Waals surface area contributed by atoms with Crippen molar-refractivity contribution in [3.8, 4) is 0 Å². The first-order valence-corrected chi connectivity index (χ1v) is 5.55. The van der Waals surface area contributed by atoms with E-state index in [1.54, 1.807) is 12.1 Å². The van der Waals surface area contributed by atoms with E-state index in [1.807, 2.05) is 6.92 Å². The van der Waals surface area contributed by atoms with E-state index in [0.29, 0.717) is 5.56 Å². The Morgan fingerprint density at radius 2 is 1.88 bits per heavy atom. The molecule has 0 fully saturated rings. The van der Waals surface area contributed by atoms with E-state index in [1.165, 1.54) is 23.3 Å². The van der Waals surface area contributed by atoms with Crippen LogP contribution in [0, 0.1) is 11.7 Å². The molecule has 2 rings (SSSR count). The van der Waals surface area contributed by atoms with Crippen molar-refractivity contribution < 1.29 is 9.18 Å². The molecule has 0 saturated carbocycles. The fourth-order valence-corrected chi connectivity index (χ4v) is 2.22. The zero-order chi connectivity index (χ0) is 11.7. The van der Waals surface area contributed by atoms with Gasteiger partial charge in [0.15, 0.2) is 5.78 Å². The van der Waals surface area contributed by atoms with Crippen molar-refractivity contribution in [3.63, 3.8) is 0 Å². The topological polar surface area (TPSA) is 17.1 Å². The lowest BCUT2D eigenvalue weighted by atomic mass is 9.92. The first-order chi connectivity index (χ1) is 7.59. The summed E-state index contributed by atoms with van der Waals surface area (Å²) >= 11 is 0. The maximum Gasteiger partial charge on any atom is 0.169 e. The summed E-state index contributed by atoms with van der Waals surface area (Å²) < 4.78 is 12.7. The number of benzene rings is 1. The van der Waals surface area contributed by atoms with Gasteiger partial charge in [0, 0.05) is 11.5 Å². The van der Waals surface area contributed by atoms with Gasteiger partial charge in [0.2, 0.25) is 0 Å². The molecule has 16 heavy (non-hydrogen) atoms. The van der Waals surface area contributed by atoms with Crippen molar-refractivity contribution in [3.05, 3.63) is 46.8 Å². The quantitative estimate of drug-likeness (QED) is 0.545. The van der Waals surface area contributed by atoms with E-state index in [-0.39, 0.29) is 17.5 Å². The molecule has 1 nitrogen and oxygen atoms in total. The third kappa shape index (κ3) is 1.92. The van der Waals surface area contributed by atoms with Gasteiger partial charge in [0.25, 0.3) is 0 Å². The summed E-state index contributed by atoms with van der Waals surface area (Å²) in [7, 11) is 0. The van der Waals surface area contributed by atoms with Crippen LogP contribution in [0.3, 0.4) is 0 Å². The minimum Gasteiger partial charge on any atom is -0.294 e. The molecule has 0 N–H and O–H groups in total. The second-order valence-corrected chi connectivity index (χ2v) is 4.43. The van der Waals surface area contributed by atoms with Crippen LogP contribution in [-0.4, -0.2) is 5.78 Å². The van der Waals surface area contributed by atoms with Crippen molar-refractivity contribution in [1.29, 1.82) is 0 Å². The van der Waals surface area contributed by atoms with Gasteiger partial charge in [0.1, 0.15) is 5.82 Å². The average Bonchev–Trinajstić information content (AvgIpc) is 2.60. The fraction of sp³-hybridized carbons (Fsp3) is 0.357. The number of hydrogen-bond acceptors (Lipinski definition) is 1. The largest absolute Gasteiger partial charge is 0.294 e. The summed E-state index contributed by atoms with van der Waals surface area (Å²) in [5.74, 6) is -0.175. The van der Waals surface area contributed by atoms with Crippen LogP contribution in [0.2, 0.25) is 0 Å². The summed E-state index contributed by atoms with van der Waals surface area (Å²) in [5.41, 5.74) is 3.12. The second-order valence-electron chi connectivity index (χ2n) is 4.43. The fourth-order valence-electron chi connectivity index (χ4n) is 2.22. The molecule has 0 saturated heterocycles. The summed E-state index contributed by atoms with van der Waals surface area (Å²) in [5, 5.41) is 0. The molecule has 0 amide bonds. The maximum atomic E-state index is 12.7. The Morgan fingerprint density at radius 3 is 2.38 bits per heavy atom. The Hall–Kier alpha value is -1.44. The summed E-state index contributed by atoms with van der Waals surface area (Å²) in [6, 6.07) is 5.82. The lowest BCUT2D eigenvalue weighted by Gasteiger charge is -2.10. The van der Waals surface area contributed by atoms with Gasteiger partial charge in [-0.3, -0.25) is 4.79 Å². The van der Waals surface area contributed by atoms with Crippen LogP contribution in [0.5, 0.6) is 0 Å². The third-order valence-corrected chi connectivity index (χ3v) is 3.45. The van der Waals surface area contributed by atoms with Gasteiger partial charge in [-0.15, -0.1) is 0 Å². The monoisotopic (exact) mass is 218 g/mol. The van der Waals surface area contributed by atoms with Crippen molar-refractivity contribution >= 4 is 5.78 Å². The van der Waals surface area contributed by atoms with Crippen LogP contribution in [0.15, 0.2) is 35.4 Å². The van der Waals surface area contributed by atoms with Crippen molar-refractivity contribution in [1.82, 2.24) is 0 Å². The second kappa shape index (κ2) is 4.20. The van der Waals surface area contributed by atoms with Gasteiger partial charge < -0.3 is 0 Å². The van der Waals surface area contributed by atoms with E-state index >= 15 is 0 Å². The van der Waals surface area contributed by atoms with Gasteiger partial charge in [-0.05, 0) is 51.0 Å². The van der Waals surface area contributed by atoms with Gasteiger partial charge in [-0.2, -0.15) is 0 Å². The highest BCUT2D eigenvalue weighted by atomic mass is 19.1. The number of halogens is 1. The Kier molecular flexibility index (Phi) is 2.90. The molecule has 1 aliphatic carbocycles. The van der Waals surface area contributed by atoms with Crippen molar-refractivity contribution in [2.24, 2.45) is 5.92 Å². The molecule has 0 radical (unpaired) electrons. The molecule has 84 valence electrons. The molecule has 0 bridgehead atoms. The molecular weight excluding hydrogens is 203 g/mol. The minimum absolute atomic E-state index is 0.00506. The molecule has 1 atom stereocenters. The van der Waals surface area contributed by atoms with Crippen LogP contribution >= 0.6 is 0 Å². The standard InChI is InChI=1S/C14H15FO/c1-9-3-8-13(10(9)2)14(16)11-4-6-12(15)7-5-11/h4-7,13H,3,8H2,1-2H3.